The van der Waals surface area contributed by atoms with Crippen LogP contribution in [0.1, 0.15) is 18.4 Å². The van der Waals surface area contributed by atoms with E-state index in [0.29, 0.717) is 31.3 Å². The van der Waals surface area contributed by atoms with Crippen LogP contribution in [0, 0.1) is 0 Å². The molecular weight excluding hydrogens is 324 g/mol. The fourth-order valence-corrected chi connectivity index (χ4v) is 2.66. The zero-order valence-corrected chi connectivity index (χ0v) is 12.5. The Balaban J connectivity index is 1.83. The highest BCUT2D eigenvalue weighted by atomic mass is 79.9. The lowest BCUT2D eigenvalue weighted by Crippen LogP contribution is -2.27. The number of rotatable bonds is 3. The van der Waals surface area contributed by atoms with Crippen molar-refractivity contribution in [2.75, 3.05) is 25.1 Å². The zero-order valence-electron chi connectivity index (χ0n) is 10.9. The third-order valence-corrected chi connectivity index (χ3v) is 3.77. The van der Waals surface area contributed by atoms with Crippen molar-refractivity contribution < 1.29 is 14.3 Å². The Morgan fingerprint density at radius 3 is 3.00 bits per heavy atom. The van der Waals surface area contributed by atoms with Crippen molar-refractivity contribution in [1.82, 2.24) is 0 Å². The second-order valence-electron chi connectivity index (χ2n) is 4.72. The fourth-order valence-electron chi connectivity index (χ4n) is 2.30. The van der Waals surface area contributed by atoms with E-state index in [2.05, 4.69) is 26.2 Å². The van der Waals surface area contributed by atoms with E-state index in [1.807, 2.05) is 18.2 Å². The molecule has 1 aromatic carbocycles. The monoisotopic (exact) mass is 338 g/mol. The van der Waals surface area contributed by atoms with Crippen molar-refractivity contribution in [3.8, 4) is 0 Å². The van der Waals surface area contributed by atoms with Gasteiger partial charge in [-0.05, 0) is 31.0 Å². The third kappa shape index (κ3) is 2.86. The van der Waals surface area contributed by atoms with E-state index >= 15 is 0 Å². The van der Waals surface area contributed by atoms with Crippen LogP contribution in [0.25, 0.3) is 0 Å². The first-order valence-electron chi connectivity index (χ1n) is 6.64. The molecule has 2 aliphatic heterocycles. The number of carbonyl (C=O) groups is 1. The summed E-state index contributed by atoms with van der Waals surface area (Å²) >= 11 is 3.42. The molecule has 2 aliphatic rings. The van der Waals surface area contributed by atoms with Gasteiger partial charge in [0.15, 0.2) is 0 Å². The van der Waals surface area contributed by atoms with Crippen LogP contribution in [0.2, 0.25) is 0 Å². The first kappa shape index (κ1) is 13.6. The highest BCUT2D eigenvalue weighted by Gasteiger charge is 2.25. The molecule has 6 heteroatoms. The molecule has 0 aromatic heterocycles. The van der Waals surface area contributed by atoms with Crippen LogP contribution >= 0.6 is 15.9 Å². The second-order valence-corrected chi connectivity index (χ2v) is 5.63. The minimum Gasteiger partial charge on any atom is -0.475 e. The summed E-state index contributed by atoms with van der Waals surface area (Å²) in [5.41, 5.74) is 1.50. The molecule has 1 aromatic rings. The minimum absolute atomic E-state index is 0.111. The SMILES string of the molecule is O=C(Nc1cc(Br)ccc1C1=NCCO1)[C@@H]1CCCO1. The highest BCUT2D eigenvalue weighted by Crippen LogP contribution is 2.25. The van der Waals surface area contributed by atoms with E-state index in [1.165, 1.54) is 0 Å². The lowest BCUT2D eigenvalue weighted by atomic mass is 10.1. The van der Waals surface area contributed by atoms with E-state index in [9.17, 15) is 4.79 Å². The molecule has 1 fully saturated rings. The molecule has 3 rings (SSSR count). The van der Waals surface area contributed by atoms with E-state index in [1.54, 1.807) is 0 Å². The molecule has 0 radical (unpaired) electrons. The maximum Gasteiger partial charge on any atom is 0.253 e. The Hall–Kier alpha value is -1.40. The number of benzene rings is 1. The van der Waals surface area contributed by atoms with Crippen LogP contribution in [0.4, 0.5) is 5.69 Å². The van der Waals surface area contributed by atoms with Crippen molar-refractivity contribution in [3.63, 3.8) is 0 Å². The maximum absolute atomic E-state index is 12.2. The molecule has 0 aliphatic carbocycles. The molecule has 5 nitrogen and oxygen atoms in total. The number of carbonyl (C=O) groups excluding carboxylic acids is 1. The van der Waals surface area contributed by atoms with Crippen LogP contribution in [0.3, 0.4) is 0 Å². The Morgan fingerprint density at radius 1 is 1.40 bits per heavy atom. The summed E-state index contributed by atoms with van der Waals surface area (Å²) in [7, 11) is 0. The predicted molar refractivity (Wildman–Crippen MR) is 79.1 cm³/mol. The van der Waals surface area contributed by atoms with E-state index in [0.717, 1.165) is 22.9 Å². The predicted octanol–water partition coefficient (Wildman–Crippen LogP) is 2.34. The van der Waals surface area contributed by atoms with Crippen LogP contribution in [0.15, 0.2) is 27.7 Å². The van der Waals surface area contributed by atoms with E-state index in [4.69, 9.17) is 9.47 Å². The first-order valence-corrected chi connectivity index (χ1v) is 7.43. The first-order chi connectivity index (χ1) is 9.74. The summed E-state index contributed by atoms with van der Waals surface area (Å²) in [4.78, 5) is 16.5. The lowest BCUT2D eigenvalue weighted by molar-refractivity contribution is -0.124. The van der Waals surface area contributed by atoms with Gasteiger partial charge in [-0.25, -0.2) is 4.99 Å². The van der Waals surface area contributed by atoms with Gasteiger partial charge in [0.1, 0.15) is 12.7 Å². The minimum atomic E-state index is -0.353. The van der Waals surface area contributed by atoms with Crippen LogP contribution in [-0.2, 0) is 14.3 Å². The van der Waals surface area contributed by atoms with Crippen molar-refractivity contribution in [3.05, 3.63) is 28.2 Å². The quantitative estimate of drug-likeness (QED) is 0.920. The molecule has 2 heterocycles. The molecule has 1 amide bonds. The Morgan fingerprint density at radius 2 is 2.30 bits per heavy atom. The fraction of sp³-hybridized carbons (Fsp3) is 0.429. The van der Waals surface area contributed by atoms with Gasteiger partial charge in [0.05, 0.1) is 17.8 Å². The van der Waals surface area contributed by atoms with Gasteiger partial charge in [-0.1, -0.05) is 15.9 Å². The lowest BCUT2D eigenvalue weighted by Gasteiger charge is -2.14. The molecule has 1 N–H and O–H groups in total. The number of nitrogens with one attached hydrogen (secondary N) is 1. The molecule has 106 valence electrons. The van der Waals surface area contributed by atoms with Crippen LogP contribution < -0.4 is 5.32 Å². The smallest absolute Gasteiger partial charge is 0.253 e. The number of hydrogen-bond acceptors (Lipinski definition) is 4. The summed E-state index contributed by atoms with van der Waals surface area (Å²) < 4.78 is 11.8. The Bertz CT molecular complexity index is 553. The van der Waals surface area contributed by atoms with E-state index < -0.39 is 0 Å². The Kier molecular flexibility index (Phi) is 4.03. The van der Waals surface area contributed by atoms with E-state index in [-0.39, 0.29) is 12.0 Å². The molecule has 0 unspecified atom stereocenters. The number of halogens is 1. The number of ether oxygens (including phenoxy) is 2. The van der Waals surface area contributed by atoms with Gasteiger partial charge >= 0.3 is 0 Å². The van der Waals surface area contributed by atoms with Crippen molar-refractivity contribution >= 4 is 33.4 Å². The van der Waals surface area contributed by atoms with Crippen molar-refractivity contribution in [2.24, 2.45) is 4.99 Å². The summed E-state index contributed by atoms with van der Waals surface area (Å²) in [6, 6.07) is 5.65. The van der Waals surface area contributed by atoms with Crippen molar-refractivity contribution in [2.45, 2.75) is 18.9 Å². The number of amides is 1. The number of aliphatic imine (C=N–C) groups is 1. The molecule has 1 saturated heterocycles. The molecule has 0 saturated carbocycles. The molecular formula is C14H15BrN2O3. The summed E-state index contributed by atoms with van der Waals surface area (Å²) in [6.45, 7) is 1.90. The van der Waals surface area contributed by atoms with Gasteiger partial charge in [-0.2, -0.15) is 0 Å². The topological polar surface area (TPSA) is 59.9 Å². The Labute approximate surface area is 125 Å². The van der Waals surface area contributed by atoms with Gasteiger partial charge in [0.2, 0.25) is 5.90 Å². The van der Waals surface area contributed by atoms with Gasteiger partial charge in [0.25, 0.3) is 5.91 Å². The normalized spacial score (nSPS) is 21.4. The molecule has 0 spiro atoms. The van der Waals surface area contributed by atoms with Gasteiger partial charge in [0, 0.05) is 11.1 Å². The largest absolute Gasteiger partial charge is 0.475 e. The standard InChI is InChI=1S/C14H15BrN2O3/c15-9-3-4-10(14-16-5-7-20-14)11(8-9)17-13(18)12-2-1-6-19-12/h3-4,8,12H,1-2,5-7H2,(H,17,18)/t12-/m0/s1. The summed E-state index contributed by atoms with van der Waals surface area (Å²) in [5, 5.41) is 2.92. The third-order valence-electron chi connectivity index (χ3n) is 3.28. The molecule has 20 heavy (non-hydrogen) atoms. The molecule has 0 bridgehead atoms. The number of hydrogen-bond donors (Lipinski definition) is 1. The summed E-state index contributed by atoms with van der Waals surface area (Å²) in [5.74, 6) is 0.473. The highest BCUT2D eigenvalue weighted by molar-refractivity contribution is 9.10. The van der Waals surface area contributed by atoms with Gasteiger partial charge < -0.3 is 14.8 Å². The maximum atomic E-state index is 12.2. The van der Waals surface area contributed by atoms with Crippen LogP contribution in [-0.4, -0.2) is 37.7 Å². The zero-order chi connectivity index (χ0) is 13.9. The number of nitrogens with zero attached hydrogens (tertiary/aromatic N) is 1. The van der Waals surface area contributed by atoms with Crippen LogP contribution in [0.5, 0.6) is 0 Å². The summed E-state index contributed by atoms with van der Waals surface area (Å²) in [6.07, 6.45) is 1.35. The van der Waals surface area contributed by atoms with Gasteiger partial charge in [-0.3, -0.25) is 4.79 Å². The number of anilines is 1. The average molecular weight is 339 g/mol. The second kappa shape index (κ2) is 5.93. The van der Waals surface area contributed by atoms with Gasteiger partial charge in [-0.15, -0.1) is 0 Å². The average Bonchev–Trinajstić information content (AvgIpc) is 3.12. The van der Waals surface area contributed by atoms with Crippen molar-refractivity contribution in [1.29, 1.82) is 0 Å². The molecule has 1 atom stereocenters.